The van der Waals surface area contributed by atoms with E-state index in [2.05, 4.69) is 29.8 Å². The molecule has 1 aromatic rings. The number of allylic oxidation sites excluding steroid dienone is 3. The van der Waals surface area contributed by atoms with E-state index < -0.39 is 0 Å². The third-order valence-electron chi connectivity index (χ3n) is 4.81. The maximum absolute atomic E-state index is 9.67. The molecule has 0 bridgehead atoms. The van der Waals surface area contributed by atoms with Gasteiger partial charge < -0.3 is 25.0 Å². The number of anilines is 1. The Morgan fingerprint density at radius 1 is 1.19 bits per heavy atom. The summed E-state index contributed by atoms with van der Waals surface area (Å²) < 4.78 is 5.46. The Morgan fingerprint density at radius 2 is 1.96 bits per heavy atom. The van der Waals surface area contributed by atoms with Crippen LogP contribution in [0.4, 0.5) is 5.69 Å². The molecule has 1 fully saturated rings. The van der Waals surface area contributed by atoms with Crippen LogP contribution in [0.3, 0.4) is 0 Å². The van der Waals surface area contributed by atoms with Crippen LogP contribution < -0.4 is 5.32 Å². The maximum atomic E-state index is 9.67. The van der Waals surface area contributed by atoms with Gasteiger partial charge in [-0.05, 0) is 49.3 Å². The SMILES string of the molecule is C=C1C=C(N2CCOCC2)N=C2C(Nc3ccc(O)cc3C)=CC(C)=CN12. The van der Waals surface area contributed by atoms with E-state index in [4.69, 9.17) is 9.73 Å². The Labute approximate surface area is 159 Å². The third kappa shape index (κ3) is 3.48. The van der Waals surface area contributed by atoms with Gasteiger partial charge in [-0.2, -0.15) is 0 Å². The molecular formula is C21H24N4O2. The summed E-state index contributed by atoms with van der Waals surface area (Å²) in [5, 5.41) is 13.1. The van der Waals surface area contributed by atoms with Gasteiger partial charge in [-0.1, -0.05) is 6.58 Å². The topological polar surface area (TPSA) is 60.3 Å². The van der Waals surface area contributed by atoms with Crippen LogP contribution >= 0.6 is 0 Å². The van der Waals surface area contributed by atoms with E-state index >= 15 is 0 Å². The van der Waals surface area contributed by atoms with E-state index in [1.54, 1.807) is 12.1 Å². The molecular weight excluding hydrogens is 340 g/mol. The molecule has 3 heterocycles. The summed E-state index contributed by atoms with van der Waals surface area (Å²) in [6, 6.07) is 5.30. The number of amidine groups is 1. The molecule has 2 N–H and O–H groups in total. The minimum Gasteiger partial charge on any atom is -0.508 e. The van der Waals surface area contributed by atoms with Gasteiger partial charge in [0, 0.05) is 36.7 Å². The van der Waals surface area contributed by atoms with Gasteiger partial charge in [0.15, 0.2) is 5.84 Å². The number of benzene rings is 1. The number of morpholine rings is 1. The van der Waals surface area contributed by atoms with Crippen molar-refractivity contribution in [3.8, 4) is 5.75 Å². The summed E-state index contributed by atoms with van der Waals surface area (Å²) in [6.45, 7) is 11.3. The molecule has 0 aliphatic carbocycles. The predicted molar refractivity (Wildman–Crippen MR) is 107 cm³/mol. The molecule has 4 rings (SSSR count). The van der Waals surface area contributed by atoms with E-state index in [-0.39, 0.29) is 5.75 Å². The van der Waals surface area contributed by atoms with Gasteiger partial charge in [0.1, 0.15) is 11.6 Å². The summed E-state index contributed by atoms with van der Waals surface area (Å²) in [5.41, 5.74) is 4.80. The lowest BCUT2D eigenvalue weighted by Gasteiger charge is -2.36. The minimum atomic E-state index is 0.259. The van der Waals surface area contributed by atoms with Crippen LogP contribution in [0.15, 0.2) is 70.9 Å². The molecule has 0 radical (unpaired) electrons. The average Bonchev–Trinajstić information content (AvgIpc) is 2.65. The van der Waals surface area contributed by atoms with Gasteiger partial charge in [-0.3, -0.25) is 0 Å². The fraction of sp³-hybridized carbons (Fsp3) is 0.286. The Bertz CT molecular complexity index is 905. The van der Waals surface area contributed by atoms with Gasteiger partial charge in [0.25, 0.3) is 0 Å². The number of aliphatic imine (C=N–C) groups is 1. The fourth-order valence-corrected chi connectivity index (χ4v) is 3.40. The molecule has 140 valence electrons. The van der Waals surface area contributed by atoms with E-state index in [1.807, 2.05) is 30.2 Å². The van der Waals surface area contributed by atoms with Crippen LogP contribution in [0.25, 0.3) is 0 Å². The first-order chi connectivity index (χ1) is 13.0. The normalized spacial score (nSPS) is 19.7. The lowest BCUT2D eigenvalue weighted by molar-refractivity contribution is 0.0529. The fourth-order valence-electron chi connectivity index (χ4n) is 3.40. The van der Waals surface area contributed by atoms with E-state index in [1.165, 1.54) is 0 Å². The van der Waals surface area contributed by atoms with Crippen LogP contribution in [0, 0.1) is 6.92 Å². The number of fused-ring (bicyclic) bond motifs is 1. The van der Waals surface area contributed by atoms with Crippen LogP contribution in [0.2, 0.25) is 0 Å². The first-order valence-electron chi connectivity index (χ1n) is 9.09. The molecule has 0 spiro atoms. The second-order valence-corrected chi connectivity index (χ2v) is 6.95. The lowest BCUT2D eigenvalue weighted by Crippen LogP contribution is -2.39. The first-order valence-corrected chi connectivity index (χ1v) is 9.09. The first kappa shape index (κ1) is 17.4. The summed E-state index contributed by atoms with van der Waals surface area (Å²) >= 11 is 0. The van der Waals surface area contributed by atoms with Crippen molar-refractivity contribution < 1.29 is 9.84 Å². The number of hydrogen-bond acceptors (Lipinski definition) is 6. The summed E-state index contributed by atoms with van der Waals surface area (Å²) in [4.78, 5) is 9.17. The highest BCUT2D eigenvalue weighted by atomic mass is 16.5. The second-order valence-electron chi connectivity index (χ2n) is 6.95. The molecule has 1 aromatic carbocycles. The van der Waals surface area contributed by atoms with Gasteiger partial charge in [-0.25, -0.2) is 4.99 Å². The smallest absolute Gasteiger partial charge is 0.163 e. The van der Waals surface area contributed by atoms with Crippen LogP contribution in [0.1, 0.15) is 12.5 Å². The number of nitrogens with one attached hydrogen (secondary N) is 1. The number of ether oxygens (including phenoxy) is 1. The van der Waals surface area contributed by atoms with Gasteiger partial charge in [0.2, 0.25) is 0 Å². The monoisotopic (exact) mass is 364 g/mol. The average molecular weight is 364 g/mol. The van der Waals surface area contributed by atoms with Gasteiger partial charge >= 0.3 is 0 Å². The van der Waals surface area contributed by atoms with Crippen molar-refractivity contribution in [2.75, 3.05) is 31.6 Å². The van der Waals surface area contributed by atoms with Crippen molar-refractivity contribution in [1.82, 2.24) is 9.80 Å². The minimum absolute atomic E-state index is 0.259. The molecule has 6 nitrogen and oxygen atoms in total. The van der Waals surface area contributed by atoms with Crippen LogP contribution in [0.5, 0.6) is 5.75 Å². The molecule has 0 atom stereocenters. The van der Waals surface area contributed by atoms with Crippen molar-refractivity contribution >= 4 is 11.5 Å². The lowest BCUT2D eigenvalue weighted by atomic mass is 10.1. The molecule has 27 heavy (non-hydrogen) atoms. The number of hydrogen-bond donors (Lipinski definition) is 2. The number of phenols is 1. The zero-order valence-electron chi connectivity index (χ0n) is 15.7. The van der Waals surface area contributed by atoms with Crippen LogP contribution in [-0.2, 0) is 4.74 Å². The number of aryl methyl sites for hydroxylation is 1. The molecule has 0 amide bonds. The largest absolute Gasteiger partial charge is 0.508 e. The van der Waals surface area contributed by atoms with E-state index in [0.29, 0.717) is 13.2 Å². The van der Waals surface area contributed by atoms with Crippen molar-refractivity contribution in [2.24, 2.45) is 4.99 Å². The molecule has 3 aliphatic heterocycles. The summed E-state index contributed by atoms with van der Waals surface area (Å²) in [5.74, 6) is 1.99. The van der Waals surface area contributed by atoms with Crippen molar-refractivity contribution in [3.05, 3.63) is 71.5 Å². The zero-order valence-corrected chi connectivity index (χ0v) is 15.7. The molecule has 0 unspecified atom stereocenters. The van der Waals surface area contributed by atoms with Crippen molar-refractivity contribution in [3.63, 3.8) is 0 Å². The van der Waals surface area contributed by atoms with Gasteiger partial charge in [-0.15, -0.1) is 0 Å². The Kier molecular flexibility index (Phi) is 4.49. The Balaban J connectivity index is 1.68. The number of aromatic hydroxyl groups is 1. The highest BCUT2D eigenvalue weighted by molar-refractivity contribution is 6.05. The molecule has 3 aliphatic rings. The maximum Gasteiger partial charge on any atom is 0.163 e. The number of phenolic OH excluding ortho intramolecular Hbond substituents is 1. The summed E-state index contributed by atoms with van der Waals surface area (Å²) in [6.07, 6.45) is 6.15. The van der Waals surface area contributed by atoms with E-state index in [0.717, 1.165) is 53.0 Å². The quantitative estimate of drug-likeness (QED) is 0.806. The van der Waals surface area contributed by atoms with Gasteiger partial charge in [0.05, 0.1) is 18.9 Å². The third-order valence-corrected chi connectivity index (χ3v) is 4.81. The Morgan fingerprint density at radius 3 is 2.70 bits per heavy atom. The van der Waals surface area contributed by atoms with Crippen LogP contribution in [-0.4, -0.2) is 47.0 Å². The molecule has 0 saturated carbocycles. The highest BCUT2D eigenvalue weighted by Gasteiger charge is 2.27. The standard InChI is InChI=1S/C21H24N4O2/c1-14-10-19(22-18-5-4-17(26)11-15(18)2)21-23-20(12-16(3)25(21)13-14)24-6-8-27-9-7-24/h4-5,10-13,22,26H,3,6-9H2,1-2H3. The predicted octanol–water partition coefficient (Wildman–Crippen LogP) is 3.32. The highest BCUT2D eigenvalue weighted by Crippen LogP contribution is 2.30. The molecule has 0 aromatic heterocycles. The second kappa shape index (κ2) is 6.96. The van der Waals surface area contributed by atoms with Crippen molar-refractivity contribution in [2.45, 2.75) is 13.8 Å². The molecule has 6 heteroatoms. The zero-order chi connectivity index (χ0) is 19.0. The van der Waals surface area contributed by atoms with E-state index in [9.17, 15) is 5.11 Å². The van der Waals surface area contributed by atoms with Crippen molar-refractivity contribution in [1.29, 1.82) is 0 Å². The summed E-state index contributed by atoms with van der Waals surface area (Å²) in [7, 11) is 0. The molecule has 1 saturated heterocycles. The number of rotatable bonds is 3. The number of nitrogens with zero attached hydrogens (tertiary/aromatic N) is 3. The Hall–Kier alpha value is -2.99.